The van der Waals surface area contributed by atoms with Crippen LogP contribution >= 0.6 is 11.6 Å². The van der Waals surface area contributed by atoms with Crippen LogP contribution < -0.4 is 5.32 Å². The Morgan fingerprint density at radius 3 is 2.80 bits per heavy atom. The summed E-state index contributed by atoms with van der Waals surface area (Å²) in [5, 5.41) is 12.7. The molecule has 0 aromatic carbocycles. The average Bonchev–Trinajstić information content (AvgIpc) is 2.41. The van der Waals surface area contributed by atoms with E-state index < -0.39 is 5.97 Å². The second-order valence-corrected chi connectivity index (χ2v) is 6.15. The quantitative estimate of drug-likeness (QED) is 0.879. The molecule has 5 heteroatoms. The van der Waals surface area contributed by atoms with E-state index >= 15 is 0 Å². The number of carboxylic acid groups (broad SMARTS) is 1. The number of rotatable bonds is 4. The van der Waals surface area contributed by atoms with Crippen molar-refractivity contribution in [2.75, 3.05) is 5.32 Å². The highest BCUT2D eigenvalue weighted by molar-refractivity contribution is 6.35. The summed E-state index contributed by atoms with van der Waals surface area (Å²) in [6, 6.07) is 1.74. The lowest BCUT2D eigenvalue weighted by Gasteiger charge is -2.35. The number of anilines is 1. The van der Waals surface area contributed by atoms with E-state index in [0.717, 1.165) is 6.42 Å². The van der Waals surface area contributed by atoms with Gasteiger partial charge in [-0.05, 0) is 30.7 Å². The van der Waals surface area contributed by atoms with Crippen LogP contribution in [0.2, 0.25) is 5.02 Å². The fraction of sp³-hybridized carbons (Fsp3) is 0.600. The molecular weight excluding hydrogens is 276 g/mol. The zero-order valence-electron chi connectivity index (χ0n) is 11.9. The first-order chi connectivity index (χ1) is 9.50. The molecule has 110 valence electrons. The molecule has 1 aromatic heterocycles. The minimum Gasteiger partial charge on any atom is -0.478 e. The fourth-order valence-corrected chi connectivity index (χ4v) is 3.27. The van der Waals surface area contributed by atoms with Crippen LogP contribution in [0.25, 0.3) is 0 Å². The Morgan fingerprint density at radius 2 is 2.15 bits per heavy atom. The van der Waals surface area contributed by atoms with Gasteiger partial charge in [0.15, 0.2) is 0 Å². The van der Waals surface area contributed by atoms with Gasteiger partial charge in [0, 0.05) is 12.2 Å². The molecule has 20 heavy (non-hydrogen) atoms. The number of aromatic carboxylic acids is 1. The first kappa shape index (κ1) is 15.1. The van der Waals surface area contributed by atoms with Gasteiger partial charge in [-0.25, -0.2) is 9.78 Å². The number of halogens is 1. The molecule has 1 heterocycles. The Labute approximate surface area is 124 Å². The summed E-state index contributed by atoms with van der Waals surface area (Å²) in [5.41, 5.74) is 0.0982. The molecule has 2 unspecified atom stereocenters. The summed E-state index contributed by atoms with van der Waals surface area (Å²) in [6.07, 6.45) is 6.23. The molecule has 1 aliphatic carbocycles. The predicted molar refractivity (Wildman–Crippen MR) is 80.4 cm³/mol. The second kappa shape index (κ2) is 6.44. The van der Waals surface area contributed by atoms with Crippen LogP contribution in [0, 0.1) is 11.8 Å². The zero-order chi connectivity index (χ0) is 14.7. The van der Waals surface area contributed by atoms with E-state index in [2.05, 4.69) is 24.1 Å². The third-order valence-electron chi connectivity index (χ3n) is 4.12. The maximum atomic E-state index is 11.1. The van der Waals surface area contributed by atoms with E-state index in [1.165, 1.54) is 31.5 Å². The van der Waals surface area contributed by atoms with Crippen molar-refractivity contribution in [2.45, 2.75) is 45.6 Å². The van der Waals surface area contributed by atoms with E-state index in [4.69, 9.17) is 16.7 Å². The lowest BCUT2D eigenvalue weighted by atomic mass is 9.78. The van der Waals surface area contributed by atoms with Gasteiger partial charge in [-0.1, -0.05) is 38.3 Å². The van der Waals surface area contributed by atoms with Crippen molar-refractivity contribution in [3.05, 3.63) is 22.8 Å². The molecular formula is C15H21ClN2O2. The Bertz CT molecular complexity index is 491. The van der Waals surface area contributed by atoms with Crippen molar-refractivity contribution in [2.24, 2.45) is 11.8 Å². The highest BCUT2D eigenvalue weighted by atomic mass is 35.5. The van der Waals surface area contributed by atoms with Crippen molar-refractivity contribution in [3.8, 4) is 0 Å². The smallest absolute Gasteiger partial charge is 0.337 e. The number of carbonyl (C=O) groups is 1. The van der Waals surface area contributed by atoms with E-state index in [1.807, 2.05) is 0 Å². The number of hydrogen-bond acceptors (Lipinski definition) is 3. The van der Waals surface area contributed by atoms with E-state index in [1.54, 1.807) is 0 Å². The molecule has 1 aromatic rings. The van der Waals surface area contributed by atoms with Crippen LogP contribution in [0.15, 0.2) is 12.3 Å². The molecule has 2 atom stereocenters. The minimum atomic E-state index is -1.02. The van der Waals surface area contributed by atoms with Crippen LogP contribution in [0.1, 0.15) is 49.9 Å². The molecule has 0 aliphatic heterocycles. The highest BCUT2D eigenvalue weighted by Gasteiger charge is 2.28. The topological polar surface area (TPSA) is 62.2 Å². The van der Waals surface area contributed by atoms with Gasteiger partial charge in [0.2, 0.25) is 0 Å². The van der Waals surface area contributed by atoms with Crippen LogP contribution in [0.5, 0.6) is 0 Å². The summed E-state index contributed by atoms with van der Waals surface area (Å²) < 4.78 is 0. The molecule has 2 rings (SSSR count). The summed E-state index contributed by atoms with van der Waals surface area (Å²) in [6.45, 7) is 4.46. The van der Waals surface area contributed by atoms with Crippen LogP contribution in [-0.2, 0) is 0 Å². The number of aromatic nitrogens is 1. The highest BCUT2D eigenvalue weighted by Crippen LogP contribution is 2.33. The maximum absolute atomic E-state index is 11.1. The monoisotopic (exact) mass is 296 g/mol. The Kier molecular flexibility index (Phi) is 4.86. The molecule has 4 nitrogen and oxygen atoms in total. The Balaban J connectivity index is 2.20. The van der Waals surface area contributed by atoms with Gasteiger partial charge in [-0.3, -0.25) is 0 Å². The van der Waals surface area contributed by atoms with Crippen LogP contribution in [0.3, 0.4) is 0 Å². The van der Waals surface area contributed by atoms with Gasteiger partial charge in [0.1, 0.15) is 5.82 Å². The number of hydrogen-bond donors (Lipinski definition) is 2. The number of pyridine rings is 1. The standard InChI is InChI=1S/C15H21ClN2O2/c1-9(2)10-5-3-4-6-12(10)18-14-13(16)11(15(19)20)7-8-17-14/h7-10,12H,3-6H2,1-2H3,(H,17,18)(H,19,20). The van der Waals surface area contributed by atoms with Crippen molar-refractivity contribution in [3.63, 3.8) is 0 Å². The minimum absolute atomic E-state index is 0.0982. The van der Waals surface area contributed by atoms with E-state index in [9.17, 15) is 4.79 Å². The summed E-state index contributed by atoms with van der Waals surface area (Å²) in [5.74, 6) is 0.637. The average molecular weight is 297 g/mol. The number of nitrogens with zero attached hydrogens (tertiary/aromatic N) is 1. The van der Waals surface area contributed by atoms with Gasteiger partial charge in [-0.2, -0.15) is 0 Å². The second-order valence-electron chi connectivity index (χ2n) is 5.77. The SMILES string of the molecule is CC(C)C1CCCCC1Nc1nccc(C(=O)O)c1Cl. The predicted octanol–water partition coefficient (Wildman–Crippen LogP) is 4.06. The van der Waals surface area contributed by atoms with Crippen LogP contribution in [-0.4, -0.2) is 22.1 Å². The molecule has 2 N–H and O–H groups in total. The van der Waals surface area contributed by atoms with E-state index in [0.29, 0.717) is 23.7 Å². The van der Waals surface area contributed by atoms with Crippen molar-refractivity contribution in [1.82, 2.24) is 4.98 Å². The Hall–Kier alpha value is -1.29. The zero-order valence-corrected chi connectivity index (χ0v) is 12.7. The number of carboxylic acids is 1. The normalized spacial score (nSPS) is 22.8. The lowest BCUT2D eigenvalue weighted by Crippen LogP contribution is -2.35. The molecule has 0 radical (unpaired) electrons. The number of nitrogens with one attached hydrogen (secondary N) is 1. The fourth-order valence-electron chi connectivity index (χ4n) is 3.02. The van der Waals surface area contributed by atoms with Gasteiger partial charge in [-0.15, -0.1) is 0 Å². The van der Waals surface area contributed by atoms with Gasteiger partial charge < -0.3 is 10.4 Å². The largest absolute Gasteiger partial charge is 0.478 e. The summed E-state index contributed by atoms with van der Waals surface area (Å²) >= 11 is 6.14. The third-order valence-corrected chi connectivity index (χ3v) is 4.50. The molecule has 1 aliphatic rings. The molecule has 0 saturated heterocycles. The van der Waals surface area contributed by atoms with Crippen molar-refractivity contribution < 1.29 is 9.90 Å². The molecule has 1 fully saturated rings. The third kappa shape index (κ3) is 3.23. The van der Waals surface area contributed by atoms with Crippen molar-refractivity contribution >= 4 is 23.4 Å². The molecule has 1 saturated carbocycles. The van der Waals surface area contributed by atoms with Gasteiger partial charge in [0.25, 0.3) is 0 Å². The first-order valence-electron chi connectivity index (χ1n) is 7.15. The first-order valence-corrected chi connectivity index (χ1v) is 7.53. The molecule has 0 bridgehead atoms. The maximum Gasteiger partial charge on any atom is 0.337 e. The molecule has 0 spiro atoms. The van der Waals surface area contributed by atoms with Crippen molar-refractivity contribution in [1.29, 1.82) is 0 Å². The summed E-state index contributed by atoms with van der Waals surface area (Å²) in [7, 11) is 0. The molecule has 0 amide bonds. The van der Waals surface area contributed by atoms with E-state index in [-0.39, 0.29) is 10.6 Å². The van der Waals surface area contributed by atoms with Gasteiger partial charge in [0.05, 0.1) is 10.6 Å². The lowest BCUT2D eigenvalue weighted by molar-refractivity contribution is 0.0697. The Morgan fingerprint density at radius 1 is 1.45 bits per heavy atom. The van der Waals surface area contributed by atoms with Gasteiger partial charge >= 0.3 is 5.97 Å². The summed E-state index contributed by atoms with van der Waals surface area (Å²) in [4.78, 5) is 15.3. The van der Waals surface area contributed by atoms with Crippen LogP contribution in [0.4, 0.5) is 5.82 Å².